The Morgan fingerprint density at radius 1 is 1.33 bits per heavy atom. The lowest BCUT2D eigenvalue weighted by Gasteiger charge is -2.05. The van der Waals surface area contributed by atoms with Crippen molar-refractivity contribution in [2.45, 2.75) is 26.5 Å². The molecule has 0 saturated carbocycles. The zero-order valence-electron chi connectivity index (χ0n) is 12.3. The molecule has 1 N–H and O–H groups in total. The lowest BCUT2D eigenvalue weighted by molar-refractivity contribution is 0.199. The average molecular weight is 292 g/mol. The van der Waals surface area contributed by atoms with E-state index in [0.717, 1.165) is 18.7 Å². The number of nitrogens with zero attached hydrogens (tertiary/aromatic N) is 3. The summed E-state index contributed by atoms with van der Waals surface area (Å²) in [7, 11) is 1.68. The highest BCUT2D eigenvalue weighted by molar-refractivity contribution is 5.19. The Kier molecular flexibility index (Phi) is 6.11. The topological polar surface area (TPSA) is 82.3 Å². The van der Waals surface area contributed by atoms with E-state index in [9.17, 15) is 0 Å². The first-order chi connectivity index (χ1) is 10.3. The molecule has 2 aromatic rings. The van der Waals surface area contributed by atoms with Crippen LogP contribution in [0, 0.1) is 0 Å². The second-order valence-electron chi connectivity index (χ2n) is 4.40. The minimum absolute atomic E-state index is 0.250. The molecule has 0 aliphatic carbocycles. The van der Waals surface area contributed by atoms with E-state index in [4.69, 9.17) is 14.0 Å². The molecule has 114 valence electrons. The molecule has 0 atom stereocenters. The Morgan fingerprint density at radius 3 is 2.90 bits per heavy atom. The predicted octanol–water partition coefficient (Wildman–Crippen LogP) is 1.34. The zero-order valence-corrected chi connectivity index (χ0v) is 12.3. The predicted molar refractivity (Wildman–Crippen MR) is 75.8 cm³/mol. The van der Waals surface area contributed by atoms with Crippen molar-refractivity contribution in [3.8, 4) is 5.75 Å². The van der Waals surface area contributed by atoms with Gasteiger partial charge in [0, 0.05) is 26.6 Å². The summed E-state index contributed by atoms with van der Waals surface area (Å²) in [6, 6.07) is 3.79. The van der Waals surface area contributed by atoms with Gasteiger partial charge in [-0.25, -0.2) is 0 Å². The molecule has 0 bridgehead atoms. The fourth-order valence-electron chi connectivity index (χ4n) is 1.63. The molecular weight excluding hydrogens is 272 g/mol. The van der Waals surface area contributed by atoms with Crippen LogP contribution in [0.3, 0.4) is 0 Å². The highest BCUT2D eigenvalue weighted by atomic mass is 16.5. The van der Waals surface area contributed by atoms with Crippen LogP contribution in [0.4, 0.5) is 0 Å². The first-order valence-electron chi connectivity index (χ1n) is 6.90. The molecule has 0 aliphatic heterocycles. The van der Waals surface area contributed by atoms with Gasteiger partial charge >= 0.3 is 0 Å². The summed E-state index contributed by atoms with van der Waals surface area (Å²) in [5.41, 5.74) is 0.949. The van der Waals surface area contributed by atoms with E-state index >= 15 is 0 Å². The van der Waals surface area contributed by atoms with Gasteiger partial charge in [0.25, 0.3) is 5.89 Å². The molecule has 0 unspecified atom stereocenters. The summed E-state index contributed by atoms with van der Waals surface area (Å²) in [4.78, 5) is 8.49. The van der Waals surface area contributed by atoms with Crippen molar-refractivity contribution in [3.63, 3.8) is 0 Å². The van der Waals surface area contributed by atoms with Gasteiger partial charge in [0.15, 0.2) is 12.4 Å². The van der Waals surface area contributed by atoms with Gasteiger partial charge in [-0.1, -0.05) is 12.1 Å². The van der Waals surface area contributed by atoms with Crippen molar-refractivity contribution in [2.75, 3.05) is 20.3 Å². The van der Waals surface area contributed by atoms with Gasteiger partial charge in [0.05, 0.1) is 18.5 Å². The second-order valence-corrected chi connectivity index (χ2v) is 4.40. The summed E-state index contributed by atoms with van der Waals surface area (Å²) in [5.74, 6) is 1.83. The highest BCUT2D eigenvalue weighted by Gasteiger charge is 2.05. The summed E-state index contributed by atoms with van der Waals surface area (Å²) in [5, 5.41) is 7.04. The molecule has 0 fully saturated rings. The van der Waals surface area contributed by atoms with E-state index in [-0.39, 0.29) is 6.61 Å². The summed E-state index contributed by atoms with van der Waals surface area (Å²) >= 11 is 0. The zero-order chi connectivity index (χ0) is 14.9. The second kappa shape index (κ2) is 8.33. The molecule has 0 aromatic carbocycles. The van der Waals surface area contributed by atoms with E-state index in [0.29, 0.717) is 30.6 Å². The van der Waals surface area contributed by atoms with Crippen molar-refractivity contribution >= 4 is 0 Å². The summed E-state index contributed by atoms with van der Waals surface area (Å²) in [6.45, 7) is 4.41. The van der Waals surface area contributed by atoms with E-state index in [1.807, 2.05) is 19.1 Å². The molecule has 0 radical (unpaired) electrons. The number of aryl methyl sites for hydroxylation is 1. The van der Waals surface area contributed by atoms with Gasteiger partial charge in [-0.15, -0.1) is 0 Å². The van der Waals surface area contributed by atoms with Crippen LogP contribution in [0.2, 0.25) is 0 Å². The first kappa shape index (κ1) is 15.4. The minimum atomic E-state index is 0.250. The molecule has 2 rings (SSSR count). The third-order valence-electron chi connectivity index (χ3n) is 2.78. The monoisotopic (exact) mass is 292 g/mol. The van der Waals surface area contributed by atoms with Crippen molar-refractivity contribution in [1.82, 2.24) is 20.4 Å². The maximum atomic E-state index is 5.55. The van der Waals surface area contributed by atoms with Crippen molar-refractivity contribution in [2.24, 2.45) is 0 Å². The van der Waals surface area contributed by atoms with Crippen molar-refractivity contribution in [1.29, 1.82) is 0 Å². The molecular formula is C14H20N4O3. The van der Waals surface area contributed by atoms with Crippen LogP contribution in [0.25, 0.3) is 0 Å². The van der Waals surface area contributed by atoms with Crippen molar-refractivity contribution < 1.29 is 14.0 Å². The Hall–Kier alpha value is -1.99. The van der Waals surface area contributed by atoms with E-state index in [1.54, 1.807) is 13.3 Å². The van der Waals surface area contributed by atoms with E-state index < -0.39 is 0 Å². The number of hydrogen-bond donors (Lipinski definition) is 1. The maximum Gasteiger partial charge on any atom is 0.264 e. The maximum absolute atomic E-state index is 5.55. The molecule has 0 spiro atoms. The molecule has 2 heterocycles. The summed E-state index contributed by atoms with van der Waals surface area (Å²) < 4.78 is 15.6. The molecule has 21 heavy (non-hydrogen) atoms. The van der Waals surface area contributed by atoms with E-state index in [1.165, 1.54) is 0 Å². The number of aromatic nitrogens is 3. The van der Waals surface area contributed by atoms with Crippen LogP contribution in [0.1, 0.15) is 24.3 Å². The van der Waals surface area contributed by atoms with Gasteiger partial charge in [-0.05, 0) is 12.1 Å². The molecule has 7 nitrogen and oxygen atoms in total. The smallest absolute Gasteiger partial charge is 0.264 e. The lowest BCUT2D eigenvalue weighted by atomic mass is 10.3. The van der Waals surface area contributed by atoms with Gasteiger partial charge in [0.1, 0.15) is 5.75 Å². The number of hydrogen-bond acceptors (Lipinski definition) is 7. The SMILES string of the molecule is CCc1noc(COc2ccc(CNCCOC)nc2)n1. The number of ether oxygens (including phenoxy) is 2. The summed E-state index contributed by atoms with van der Waals surface area (Å²) in [6.07, 6.45) is 2.43. The molecule has 7 heteroatoms. The van der Waals surface area contributed by atoms with Gasteiger partial charge in [0.2, 0.25) is 0 Å². The average Bonchev–Trinajstić information content (AvgIpc) is 2.99. The molecule has 2 aromatic heterocycles. The van der Waals surface area contributed by atoms with Crippen LogP contribution in [0.15, 0.2) is 22.9 Å². The minimum Gasteiger partial charge on any atom is -0.482 e. The molecule has 0 amide bonds. The normalized spacial score (nSPS) is 10.8. The third kappa shape index (κ3) is 5.13. The Labute approximate surface area is 123 Å². The van der Waals surface area contributed by atoms with Crippen LogP contribution >= 0.6 is 0 Å². The number of rotatable bonds is 9. The van der Waals surface area contributed by atoms with Crippen molar-refractivity contribution in [3.05, 3.63) is 35.7 Å². The van der Waals surface area contributed by atoms with Gasteiger partial charge < -0.3 is 19.3 Å². The Bertz CT molecular complexity index is 527. The van der Waals surface area contributed by atoms with Gasteiger partial charge in [-0.2, -0.15) is 4.98 Å². The number of nitrogens with one attached hydrogen (secondary N) is 1. The van der Waals surface area contributed by atoms with Crippen LogP contribution in [-0.4, -0.2) is 35.4 Å². The lowest BCUT2D eigenvalue weighted by Crippen LogP contribution is -2.19. The van der Waals surface area contributed by atoms with Crippen LogP contribution in [0.5, 0.6) is 5.75 Å². The fourth-order valence-corrected chi connectivity index (χ4v) is 1.63. The third-order valence-corrected chi connectivity index (χ3v) is 2.78. The largest absolute Gasteiger partial charge is 0.482 e. The standard InChI is InChI=1S/C14H20N4O3/c1-3-13-17-14(21-18-13)10-20-12-5-4-11(16-9-12)8-15-6-7-19-2/h4-5,9,15H,3,6-8,10H2,1-2H3. The van der Waals surface area contributed by atoms with E-state index in [2.05, 4.69) is 20.4 Å². The van der Waals surface area contributed by atoms with Crippen LogP contribution < -0.4 is 10.1 Å². The highest BCUT2D eigenvalue weighted by Crippen LogP contribution is 2.11. The first-order valence-corrected chi connectivity index (χ1v) is 6.90. The van der Waals surface area contributed by atoms with Gasteiger partial charge in [-0.3, -0.25) is 4.98 Å². The quantitative estimate of drug-likeness (QED) is 0.698. The molecule has 0 saturated heterocycles. The fraction of sp³-hybridized carbons (Fsp3) is 0.500. The van der Waals surface area contributed by atoms with Crippen LogP contribution in [-0.2, 0) is 24.3 Å². The molecule has 0 aliphatic rings. The Balaban J connectivity index is 1.76. The Morgan fingerprint density at radius 2 is 2.24 bits per heavy atom. The number of pyridine rings is 1. The number of methoxy groups -OCH3 is 1.